The van der Waals surface area contributed by atoms with E-state index in [1.807, 2.05) is 0 Å². The molecule has 0 saturated heterocycles. The fourth-order valence-electron chi connectivity index (χ4n) is 0.987. The molecule has 9 heteroatoms. The number of aldehydes is 1. The lowest BCUT2D eigenvalue weighted by Crippen LogP contribution is -2.18. The number of halogens is 6. The maximum absolute atomic E-state index is 12.5. The first-order chi connectivity index (χ1) is 7.74. The predicted molar refractivity (Wildman–Crippen MR) is 49.0 cm³/mol. The molecule has 0 N–H and O–H groups in total. The van der Waals surface area contributed by atoms with Gasteiger partial charge in [-0.05, 0) is 15.9 Å². The van der Waals surface area contributed by atoms with Crippen LogP contribution >= 0.6 is 15.9 Å². The molecule has 0 aliphatic rings. The van der Waals surface area contributed by atoms with Crippen molar-refractivity contribution < 1.29 is 31.5 Å². The molecule has 1 heterocycles. The molecule has 0 radical (unpaired) electrons. The van der Waals surface area contributed by atoms with Gasteiger partial charge in [-0.3, -0.25) is 4.79 Å². The average Bonchev–Trinajstić information content (AvgIpc) is 2.13. The van der Waals surface area contributed by atoms with Gasteiger partial charge < -0.3 is 4.74 Å². The normalized spacial score (nSPS) is 11.7. The lowest BCUT2D eigenvalue weighted by molar-refractivity contribution is -0.276. The molecular weight excluding hydrogens is 317 g/mol. The van der Waals surface area contributed by atoms with Crippen LogP contribution in [0.1, 0.15) is 22.3 Å². The molecule has 0 bridgehead atoms. The number of aromatic nitrogens is 1. The summed E-state index contributed by atoms with van der Waals surface area (Å²) in [5.41, 5.74) is -1.41. The summed E-state index contributed by atoms with van der Waals surface area (Å²) >= 11 is 2.61. The second kappa shape index (κ2) is 4.94. The Morgan fingerprint density at radius 3 is 2.41 bits per heavy atom. The zero-order valence-corrected chi connectivity index (χ0v) is 9.35. The number of ether oxygens (including phenoxy) is 1. The van der Waals surface area contributed by atoms with Crippen LogP contribution in [0.4, 0.5) is 22.0 Å². The quantitative estimate of drug-likeness (QED) is 0.486. The molecule has 0 spiro atoms. The Kier molecular flexibility index (Phi) is 4.02. The summed E-state index contributed by atoms with van der Waals surface area (Å²) < 4.78 is 63.4. The van der Waals surface area contributed by atoms with Crippen LogP contribution in [0.2, 0.25) is 0 Å². The summed E-state index contributed by atoms with van der Waals surface area (Å²) in [4.78, 5) is 13.7. The van der Waals surface area contributed by atoms with E-state index in [2.05, 4.69) is 25.7 Å². The number of alkyl halides is 5. The van der Waals surface area contributed by atoms with Gasteiger partial charge in [0.25, 0.3) is 6.43 Å². The molecule has 17 heavy (non-hydrogen) atoms. The number of carbonyl (C=O) groups excluding carboxylic acids is 1. The van der Waals surface area contributed by atoms with E-state index < -0.39 is 34.4 Å². The Labute approximate surface area is 99.7 Å². The zero-order chi connectivity index (χ0) is 13.2. The molecular formula is C8H3BrF5NO2. The van der Waals surface area contributed by atoms with Crippen LogP contribution < -0.4 is 4.74 Å². The van der Waals surface area contributed by atoms with Gasteiger partial charge in [-0.25, -0.2) is 13.8 Å². The third-order valence-electron chi connectivity index (χ3n) is 1.59. The largest absolute Gasteiger partial charge is 0.574 e. The van der Waals surface area contributed by atoms with Gasteiger partial charge in [0.1, 0.15) is 4.60 Å². The number of nitrogens with zero attached hydrogens (tertiary/aromatic N) is 1. The van der Waals surface area contributed by atoms with Crippen molar-refractivity contribution in [3.63, 3.8) is 0 Å². The summed E-state index contributed by atoms with van der Waals surface area (Å²) in [5.74, 6) is -1.06. The Hall–Kier alpha value is -1.25. The van der Waals surface area contributed by atoms with E-state index in [1.165, 1.54) is 0 Å². The van der Waals surface area contributed by atoms with Crippen molar-refractivity contribution in [2.24, 2.45) is 0 Å². The van der Waals surface area contributed by atoms with Crippen LogP contribution in [0.3, 0.4) is 0 Å². The third kappa shape index (κ3) is 3.62. The first kappa shape index (κ1) is 13.8. The Balaban J connectivity index is 3.24. The molecule has 94 valence electrons. The second-order valence-corrected chi connectivity index (χ2v) is 3.47. The van der Waals surface area contributed by atoms with Crippen LogP contribution in [0, 0.1) is 0 Å². The summed E-state index contributed by atoms with van der Waals surface area (Å²) in [7, 11) is 0. The van der Waals surface area contributed by atoms with Gasteiger partial charge in [0.2, 0.25) is 5.88 Å². The zero-order valence-electron chi connectivity index (χ0n) is 7.76. The van der Waals surface area contributed by atoms with E-state index in [1.54, 1.807) is 0 Å². The van der Waals surface area contributed by atoms with Gasteiger partial charge in [-0.15, -0.1) is 13.2 Å². The van der Waals surface area contributed by atoms with Crippen molar-refractivity contribution in [3.8, 4) is 5.88 Å². The number of hydrogen-bond donors (Lipinski definition) is 0. The van der Waals surface area contributed by atoms with Crippen LogP contribution in [0.5, 0.6) is 5.88 Å². The maximum atomic E-state index is 12.5. The van der Waals surface area contributed by atoms with E-state index in [0.717, 1.165) is 0 Å². The molecule has 0 aromatic carbocycles. The minimum Gasteiger partial charge on any atom is -0.388 e. The number of pyridine rings is 1. The predicted octanol–water partition coefficient (Wildman–Crippen LogP) is 3.49. The highest BCUT2D eigenvalue weighted by Gasteiger charge is 2.33. The Bertz CT molecular complexity index is 435. The van der Waals surface area contributed by atoms with E-state index >= 15 is 0 Å². The van der Waals surface area contributed by atoms with E-state index in [4.69, 9.17) is 0 Å². The van der Waals surface area contributed by atoms with Crippen molar-refractivity contribution in [2.75, 3.05) is 0 Å². The van der Waals surface area contributed by atoms with Crippen molar-refractivity contribution in [3.05, 3.63) is 21.8 Å². The van der Waals surface area contributed by atoms with Crippen LogP contribution in [-0.2, 0) is 0 Å². The highest BCUT2D eigenvalue weighted by molar-refractivity contribution is 9.10. The first-order valence-electron chi connectivity index (χ1n) is 3.94. The lowest BCUT2D eigenvalue weighted by atomic mass is 10.1. The monoisotopic (exact) mass is 319 g/mol. The van der Waals surface area contributed by atoms with Crippen molar-refractivity contribution in [2.45, 2.75) is 12.8 Å². The highest BCUT2D eigenvalue weighted by atomic mass is 79.9. The van der Waals surface area contributed by atoms with Gasteiger partial charge >= 0.3 is 6.36 Å². The molecule has 0 saturated carbocycles. The molecule has 1 aromatic heterocycles. The molecule has 0 atom stereocenters. The van der Waals surface area contributed by atoms with Crippen molar-refractivity contribution in [1.82, 2.24) is 4.98 Å². The summed E-state index contributed by atoms with van der Waals surface area (Å²) in [6.45, 7) is 0. The van der Waals surface area contributed by atoms with E-state index in [0.29, 0.717) is 6.07 Å². The summed E-state index contributed by atoms with van der Waals surface area (Å²) in [6, 6.07) is 0.368. The smallest absolute Gasteiger partial charge is 0.388 e. The van der Waals surface area contributed by atoms with Crippen LogP contribution in [-0.4, -0.2) is 17.6 Å². The van der Waals surface area contributed by atoms with Gasteiger partial charge in [0.05, 0.1) is 5.56 Å². The van der Waals surface area contributed by atoms with Crippen molar-refractivity contribution in [1.29, 1.82) is 0 Å². The SMILES string of the molecule is O=Cc1c(C(F)F)cc(OC(F)(F)F)nc1Br. The molecule has 3 nitrogen and oxygen atoms in total. The minimum atomic E-state index is -5.05. The number of carbonyl (C=O) groups is 1. The molecule has 0 unspecified atom stereocenters. The third-order valence-corrected chi connectivity index (χ3v) is 2.20. The van der Waals surface area contributed by atoms with Crippen molar-refractivity contribution >= 4 is 22.2 Å². The summed E-state index contributed by atoms with van der Waals surface area (Å²) in [6.07, 6.45) is -8.10. The van der Waals surface area contributed by atoms with E-state index in [-0.39, 0.29) is 6.29 Å². The molecule has 1 aromatic rings. The minimum absolute atomic E-state index is 0.0654. The maximum Gasteiger partial charge on any atom is 0.574 e. The van der Waals surface area contributed by atoms with Crippen LogP contribution in [0.25, 0.3) is 0 Å². The standard InChI is InChI=1S/C8H3BrF5NO2/c9-6-4(2-16)3(7(10)11)1-5(15-6)17-8(12,13)14/h1-2,7H. The van der Waals surface area contributed by atoms with Gasteiger partial charge in [0.15, 0.2) is 6.29 Å². The van der Waals surface area contributed by atoms with Gasteiger partial charge in [-0.1, -0.05) is 0 Å². The molecule has 0 aliphatic carbocycles. The first-order valence-corrected chi connectivity index (χ1v) is 4.73. The van der Waals surface area contributed by atoms with Gasteiger partial charge in [-0.2, -0.15) is 0 Å². The second-order valence-electron chi connectivity index (χ2n) is 2.72. The molecule has 1 rings (SSSR count). The summed E-state index contributed by atoms with van der Waals surface area (Å²) in [5, 5.41) is 0. The number of hydrogen-bond acceptors (Lipinski definition) is 3. The highest BCUT2D eigenvalue weighted by Crippen LogP contribution is 2.31. The molecule has 0 fully saturated rings. The van der Waals surface area contributed by atoms with Gasteiger partial charge in [0, 0.05) is 11.6 Å². The topological polar surface area (TPSA) is 39.2 Å². The lowest BCUT2D eigenvalue weighted by Gasteiger charge is -2.11. The van der Waals surface area contributed by atoms with E-state index in [9.17, 15) is 26.7 Å². The fourth-order valence-corrected chi connectivity index (χ4v) is 1.48. The Morgan fingerprint density at radius 1 is 1.41 bits per heavy atom. The van der Waals surface area contributed by atoms with Crippen LogP contribution in [0.15, 0.2) is 10.7 Å². The molecule has 0 amide bonds. The number of rotatable bonds is 3. The fraction of sp³-hybridized carbons (Fsp3) is 0.250. The average molecular weight is 320 g/mol. The molecule has 0 aliphatic heterocycles. The Morgan fingerprint density at radius 2 is 2.00 bits per heavy atom.